The maximum atomic E-state index is 5.67. The van der Waals surface area contributed by atoms with Gasteiger partial charge in [-0.25, -0.2) is 4.98 Å². The third kappa shape index (κ3) is 4.17. The monoisotopic (exact) mass is 307 g/mol. The fraction of sp³-hybridized carbons (Fsp3) is 0.400. The highest BCUT2D eigenvalue weighted by atomic mass is 32.1. The van der Waals surface area contributed by atoms with Crippen LogP contribution in [-0.2, 0) is 12.8 Å². The first-order chi connectivity index (χ1) is 10.2. The summed E-state index contributed by atoms with van der Waals surface area (Å²) in [4.78, 5) is 4.48. The molecule has 0 aliphatic heterocycles. The van der Waals surface area contributed by atoms with E-state index in [0.717, 1.165) is 40.6 Å². The molecule has 1 aromatic heterocycles. The number of nitrogens with one attached hydrogen (secondary N) is 1. The Bertz CT molecular complexity index is 586. The molecule has 21 heavy (non-hydrogen) atoms. The molecule has 0 radical (unpaired) electrons. The number of benzene rings is 1. The third-order valence-corrected chi connectivity index (χ3v) is 4.24. The first-order valence-electron chi connectivity index (χ1n) is 6.74. The second-order valence-corrected chi connectivity index (χ2v) is 5.79. The van der Waals surface area contributed by atoms with Crippen molar-refractivity contribution in [3.05, 3.63) is 39.8 Å². The van der Waals surface area contributed by atoms with Crippen molar-refractivity contribution in [2.24, 2.45) is 5.84 Å². The molecule has 1 atom stereocenters. The number of hydrogen-bond acceptors (Lipinski definition) is 6. The Morgan fingerprint density at radius 3 is 2.57 bits per heavy atom. The molecule has 2 rings (SSSR count). The van der Waals surface area contributed by atoms with Crippen LogP contribution in [0.3, 0.4) is 0 Å². The minimum absolute atomic E-state index is 0.133. The Labute approximate surface area is 129 Å². The van der Waals surface area contributed by atoms with Gasteiger partial charge in [0.05, 0.1) is 19.2 Å². The van der Waals surface area contributed by atoms with Gasteiger partial charge in [-0.2, -0.15) is 0 Å². The minimum atomic E-state index is 0.133. The number of methoxy groups -OCH3 is 2. The van der Waals surface area contributed by atoms with E-state index in [-0.39, 0.29) is 6.04 Å². The van der Waals surface area contributed by atoms with E-state index in [0.29, 0.717) is 0 Å². The molecule has 1 unspecified atom stereocenters. The lowest BCUT2D eigenvalue weighted by atomic mass is 10.0. The number of nitrogens with zero attached hydrogens (tertiary/aromatic N) is 1. The largest absolute Gasteiger partial charge is 0.493 e. The molecule has 0 aliphatic carbocycles. The maximum Gasteiger partial charge on any atom is 0.160 e. The number of rotatable bonds is 7. The van der Waals surface area contributed by atoms with Gasteiger partial charge in [0.15, 0.2) is 11.5 Å². The summed E-state index contributed by atoms with van der Waals surface area (Å²) in [5.74, 6) is 7.14. The summed E-state index contributed by atoms with van der Waals surface area (Å²) in [6, 6.07) is 6.05. The van der Waals surface area contributed by atoms with Gasteiger partial charge in [-0.1, -0.05) is 6.07 Å². The van der Waals surface area contributed by atoms with Crippen molar-refractivity contribution >= 4 is 11.3 Å². The van der Waals surface area contributed by atoms with E-state index < -0.39 is 0 Å². The molecule has 3 N–H and O–H groups in total. The quantitative estimate of drug-likeness (QED) is 0.605. The van der Waals surface area contributed by atoms with E-state index in [1.54, 1.807) is 25.6 Å². The van der Waals surface area contributed by atoms with Crippen molar-refractivity contribution in [2.45, 2.75) is 25.8 Å². The highest BCUT2D eigenvalue weighted by Crippen LogP contribution is 2.28. The lowest BCUT2D eigenvalue weighted by Gasteiger charge is -2.16. The molecule has 0 saturated carbocycles. The van der Waals surface area contributed by atoms with Crippen LogP contribution in [0.25, 0.3) is 0 Å². The number of hydrazine groups is 1. The molecule has 0 aliphatic rings. The molecular formula is C15H21N3O2S. The SMILES string of the molecule is COc1ccc(CC(Cc2nc(C)cs2)NN)cc1OC. The van der Waals surface area contributed by atoms with E-state index >= 15 is 0 Å². The van der Waals surface area contributed by atoms with Crippen LogP contribution < -0.4 is 20.7 Å². The molecule has 0 saturated heterocycles. The van der Waals surface area contributed by atoms with Crippen molar-refractivity contribution in [2.75, 3.05) is 14.2 Å². The van der Waals surface area contributed by atoms with Crippen LogP contribution in [0.15, 0.2) is 23.6 Å². The Morgan fingerprint density at radius 2 is 2.00 bits per heavy atom. The lowest BCUT2D eigenvalue weighted by Crippen LogP contribution is -2.38. The fourth-order valence-corrected chi connectivity index (χ4v) is 3.04. The second-order valence-electron chi connectivity index (χ2n) is 4.84. The Balaban J connectivity index is 2.07. The molecule has 1 aromatic carbocycles. The van der Waals surface area contributed by atoms with E-state index in [1.165, 1.54) is 0 Å². The molecule has 5 nitrogen and oxygen atoms in total. The molecule has 0 amide bonds. The zero-order chi connectivity index (χ0) is 15.2. The summed E-state index contributed by atoms with van der Waals surface area (Å²) >= 11 is 1.67. The Morgan fingerprint density at radius 1 is 1.24 bits per heavy atom. The molecule has 0 spiro atoms. The highest BCUT2D eigenvalue weighted by Gasteiger charge is 2.13. The standard InChI is InChI=1S/C15H21N3O2S/c1-10-9-21-15(17-10)8-12(18-16)6-11-4-5-13(19-2)14(7-11)20-3/h4-5,7,9,12,18H,6,8,16H2,1-3H3. The molecule has 6 heteroatoms. The minimum Gasteiger partial charge on any atom is -0.493 e. The van der Waals surface area contributed by atoms with Gasteiger partial charge in [-0.3, -0.25) is 11.3 Å². The van der Waals surface area contributed by atoms with E-state index in [2.05, 4.69) is 15.8 Å². The number of aromatic nitrogens is 1. The van der Waals surface area contributed by atoms with Crippen molar-refractivity contribution in [3.8, 4) is 11.5 Å². The van der Waals surface area contributed by atoms with E-state index in [1.807, 2.05) is 25.1 Å². The average molecular weight is 307 g/mol. The van der Waals surface area contributed by atoms with Crippen LogP contribution in [0.4, 0.5) is 0 Å². The molecule has 0 bridgehead atoms. The van der Waals surface area contributed by atoms with Gasteiger partial charge < -0.3 is 9.47 Å². The summed E-state index contributed by atoms with van der Waals surface area (Å²) in [6.45, 7) is 2.00. The summed E-state index contributed by atoms with van der Waals surface area (Å²) < 4.78 is 10.6. The topological polar surface area (TPSA) is 69.4 Å². The fourth-order valence-electron chi connectivity index (χ4n) is 2.19. The molecule has 114 valence electrons. The van der Waals surface area contributed by atoms with E-state index in [4.69, 9.17) is 15.3 Å². The number of thiazole rings is 1. The van der Waals surface area contributed by atoms with Gasteiger partial charge in [0.2, 0.25) is 0 Å². The number of aryl methyl sites for hydroxylation is 1. The number of nitrogens with two attached hydrogens (primary N) is 1. The van der Waals surface area contributed by atoms with Crippen LogP contribution in [0.1, 0.15) is 16.3 Å². The predicted octanol–water partition coefficient (Wildman–Crippen LogP) is 2.09. The second kappa shape index (κ2) is 7.40. The summed E-state index contributed by atoms with van der Waals surface area (Å²) in [5.41, 5.74) is 5.06. The van der Waals surface area contributed by atoms with Crippen molar-refractivity contribution in [1.82, 2.24) is 10.4 Å². The highest BCUT2D eigenvalue weighted by molar-refractivity contribution is 7.09. The first kappa shape index (κ1) is 15.8. The Hall–Kier alpha value is -1.63. The van der Waals surface area contributed by atoms with Crippen molar-refractivity contribution in [3.63, 3.8) is 0 Å². The van der Waals surface area contributed by atoms with Gasteiger partial charge in [-0.05, 0) is 31.0 Å². The zero-order valence-corrected chi connectivity index (χ0v) is 13.4. The van der Waals surface area contributed by atoms with Crippen molar-refractivity contribution in [1.29, 1.82) is 0 Å². The van der Waals surface area contributed by atoms with Gasteiger partial charge in [0.1, 0.15) is 0 Å². The van der Waals surface area contributed by atoms with Crippen molar-refractivity contribution < 1.29 is 9.47 Å². The van der Waals surface area contributed by atoms with Gasteiger partial charge in [-0.15, -0.1) is 11.3 Å². The predicted molar refractivity (Wildman–Crippen MR) is 84.9 cm³/mol. The van der Waals surface area contributed by atoms with Crippen LogP contribution in [0.5, 0.6) is 11.5 Å². The lowest BCUT2D eigenvalue weighted by molar-refractivity contribution is 0.354. The molecular weight excluding hydrogens is 286 g/mol. The van der Waals surface area contributed by atoms with Crippen LogP contribution in [0.2, 0.25) is 0 Å². The van der Waals surface area contributed by atoms with Crippen LogP contribution in [0, 0.1) is 6.92 Å². The van der Waals surface area contributed by atoms with Crippen LogP contribution in [-0.4, -0.2) is 25.2 Å². The van der Waals surface area contributed by atoms with E-state index in [9.17, 15) is 0 Å². The zero-order valence-electron chi connectivity index (χ0n) is 12.6. The van der Waals surface area contributed by atoms with Crippen LogP contribution >= 0.6 is 11.3 Å². The normalized spacial score (nSPS) is 12.2. The summed E-state index contributed by atoms with van der Waals surface area (Å²) in [6.07, 6.45) is 1.61. The number of ether oxygens (including phenoxy) is 2. The third-order valence-electron chi connectivity index (χ3n) is 3.25. The molecule has 1 heterocycles. The smallest absolute Gasteiger partial charge is 0.160 e. The summed E-state index contributed by atoms with van der Waals surface area (Å²) in [5, 5.41) is 3.15. The van der Waals surface area contributed by atoms with Gasteiger partial charge in [0.25, 0.3) is 0 Å². The van der Waals surface area contributed by atoms with Gasteiger partial charge in [0, 0.05) is 23.5 Å². The first-order valence-corrected chi connectivity index (χ1v) is 7.62. The van der Waals surface area contributed by atoms with Gasteiger partial charge >= 0.3 is 0 Å². The molecule has 0 fully saturated rings. The maximum absolute atomic E-state index is 5.67. The average Bonchev–Trinajstić information content (AvgIpc) is 2.91. The summed E-state index contributed by atoms with van der Waals surface area (Å²) in [7, 11) is 3.27. The Kier molecular flexibility index (Phi) is 5.55. The molecule has 2 aromatic rings. The number of hydrogen-bond donors (Lipinski definition) is 2.